The predicted octanol–water partition coefficient (Wildman–Crippen LogP) is 4.52. The monoisotopic (exact) mass is 306 g/mol. The van der Waals surface area contributed by atoms with Crippen molar-refractivity contribution in [1.82, 2.24) is 5.43 Å². The molecule has 0 aromatic heterocycles. The molecular weight excluding hydrogens is 284 g/mol. The number of nitrogens with zero attached hydrogens (tertiary/aromatic N) is 1. The highest BCUT2D eigenvalue weighted by Crippen LogP contribution is 2.31. The molecule has 1 amide bonds. The highest BCUT2D eigenvalue weighted by Gasteiger charge is 2.27. The van der Waals surface area contributed by atoms with Crippen LogP contribution in [0, 0.1) is 17.8 Å². The van der Waals surface area contributed by atoms with Crippen LogP contribution < -0.4 is 5.43 Å². The molecule has 1 aliphatic rings. The van der Waals surface area contributed by atoms with Crippen molar-refractivity contribution in [2.45, 2.75) is 40.0 Å². The molecule has 0 bridgehead atoms. The first kappa shape index (κ1) is 16.0. The van der Waals surface area contributed by atoms with Crippen molar-refractivity contribution in [3.8, 4) is 0 Å². The summed E-state index contributed by atoms with van der Waals surface area (Å²) >= 11 is 5.83. The smallest absolute Gasteiger partial charge is 0.267 e. The average Bonchev–Trinajstić information content (AvgIpc) is 2.45. The summed E-state index contributed by atoms with van der Waals surface area (Å²) in [6.07, 6.45) is 3.38. The van der Waals surface area contributed by atoms with E-state index in [0.717, 1.165) is 18.6 Å². The van der Waals surface area contributed by atoms with Crippen LogP contribution in [0.25, 0.3) is 0 Å². The molecule has 0 saturated heterocycles. The normalized spacial score (nSPS) is 24.3. The van der Waals surface area contributed by atoms with E-state index in [-0.39, 0.29) is 5.91 Å². The number of hydrogen-bond donors (Lipinski definition) is 1. The van der Waals surface area contributed by atoms with Crippen molar-refractivity contribution in [1.29, 1.82) is 0 Å². The number of carbonyl (C=O) groups excluding carboxylic acids is 1. The largest absolute Gasteiger partial charge is 0.271 e. The van der Waals surface area contributed by atoms with Crippen molar-refractivity contribution >= 4 is 23.2 Å². The zero-order valence-corrected chi connectivity index (χ0v) is 13.7. The maximum atomic E-state index is 12.1. The van der Waals surface area contributed by atoms with Crippen LogP contribution in [0.2, 0.25) is 5.02 Å². The van der Waals surface area contributed by atoms with Gasteiger partial charge in [0.2, 0.25) is 0 Å². The van der Waals surface area contributed by atoms with Crippen LogP contribution in [0.15, 0.2) is 29.4 Å². The number of halogens is 1. The van der Waals surface area contributed by atoms with Crippen LogP contribution in [-0.2, 0) is 0 Å². The van der Waals surface area contributed by atoms with E-state index in [9.17, 15) is 4.79 Å². The first-order chi connectivity index (χ1) is 9.97. The lowest BCUT2D eigenvalue weighted by molar-refractivity contribution is 0.0954. The molecule has 3 nitrogen and oxygen atoms in total. The summed E-state index contributed by atoms with van der Waals surface area (Å²) in [4.78, 5) is 12.1. The van der Waals surface area contributed by atoms with Crippen molar-refractivity contribution < 1.29 is 4.79 Å². The number of nitrogens with one attached hydrogen (secondary N) is 1. The van der Waals surface area contributed by atoms with Gasteiger partial charge >= 0.3 is 0 Å². The van der Waals surface area contributed by atoms with E-state index in [2.05, 4.69) is 31.3 Å². The molecule has 0 spiro atoms. The molecule has 4 heteroatoms. The second-order valence-electron chi connectivity index (χ2n) is 6.29. The van der Waals surface area contributed by atoms with Gasteiger partial charge < -0.3 is 0 Å². The first-order valence-electron chi connectivity index (χ1n) is 7.59. The van der Waals surface area contributed by atoms with E-state index >= 15 is 0 Å². The summed E-state index contributed by atoms with van der Waals surface area (Å²) in [7, 11) is 0. The Bertz CT molecular complexity index is 522. The molecule has 2 rings (SSSR count). The first-order valence-corrected chi connectivity index (χ1v) is 7.97. The summed E-state index contributed by atoms with van der Waals surface area (Å²) in [5.41, 5.74) is 4.41. The maximum Gasteiger partial charge on any atom is 0.271 e. The van der Waals surface area contributed by atoms with Crippen molar-refractivity contribution in [3.63, 3.8) is 0 Å². The van der Waals surface area contributed by atoms with Gasteiger partial charge in [-0.1, -0.05) is 32.4 Å². The average molecular weight is 307 g/mol. The van der Waals surface area contributed by atoms with Crippen LogP contribution >= 0.6 is 11.6 Å². The molecule has 21 heavy (non-hydrogen) atoms. The third-order valence-electron chi connectivity index (χ3n) is 4.17. The van der Waals surface area contributed by atoms with E-state index in [1.165, 1.54) is 6.42 Å². The van der Waals surface area contributed by atoms with Gasteiger partial charge in [-0.15, -0.1) is 0 Å². The number of carbonyl (C=O) groups is 1. The maximum absolute atomic E-state index is 12.1. The van der Waals surface area contributed by atoms with Gasteiger partial charge in [-0.05, 0) is 55.4 Å². The molecule has 1 fully saturated rings. The van der Waals surface area contributed by atoms with Crippen LogP contribution in [0.4, 0.5) is 0 Å². The molecule has 0 aliphatic heterocycles. The molecule has 0 heterocycles. The Kier molecular flexibility index (Phi) is 5.40. The van der Waals surface area contributed by atoms with E-state index in [0.29, 0.717) is 28.3 Å². The fourth-order valence-corrected chi connectivity index (χ4v) is 3.00. The highest BCUT2D eigenvalue weighted by atomic mass is 35.5. The molecule has 2 atom stereocenters. The fourth-order valence-electron chi connectivity index (χ4n) is 2.88. The van der Waals surface area contributed by atoms with Gasteiger partial charge in [0.1, 0.15) is 0 Å². The van der Waals surface area contributed by atoms with Crippen molar-refractivity contribution in [2.24, 2.45) is 22.9 Å². The Morgan fingerprint density at radius 2 is 1.95 bits per heavy atom. The zero-order chi connectivity index (χ0) is 15.4. The summed E-state index contributed by atoms with van der Waals surface area (Å²) in [5.74, 6) is 1.50. The summed E-state index contributed by atoms with van der Waals surface area (Å²) in [5, 5.41) is 5.04. The third kappa shape index (κ3) is 4.31. The van der Waals surface area contributed by atoms with Gasteiger partial charge in [0.15, 0.2) is 0 Å². The number of rotatable bonds is 3. The second kappa shape index (κ2) is 7.08. The number of hydrazone groups is 1. The van der Waals surface area contributed by atoms with Gasteiger partial charge in [-0.2, -0.15) is 5.10 Å². The minimum Gasteiger partial charge on any atom is -0.267 e. The SMILES string of the molecule is CC1CCC(C(C)C)C(=NNC(=O)c2ccc(Cl)cc2)C1. The zero-order valence-electron chi connectivity index (χ0n) is 12.9. The van der Waals surface area contributed by atoms with E-state index in [1.54, 1.807) is 24.3 Å². The van der Waals surface area contributed by atoms with Gasteiger partial charge in [0, 0.05) is 22.2 Å². The number of hydrogen-bond acceptors (Lipinski definition) is 2. The number of amides is 1. The summed E-state index contributed by atoms with van der Waals surface area (Å²) in [6.45, 7) is 6.68. The molecule has 1 aliphatic carbocycles. The molecule has 2 unspecified atom stereocenters. The Labute approximate surface area is 131 Å². The minimum absolute atomic E-state index is 0.181. The molecule has 1 aromatic rings. The molecule has 0 radical (unpaired) electrons. The molecular formula is C17H23ClN2O. The fraction of sp³-hybridized carbons (Fsp3) is 0.529. The van der Waals surface area contributed by atoms with Crippen LogP contribution in [-0.4, -0.2) is 11.6 Å². The molecule has 1 saturated carbocycles. The van der Waals surface area contributed by atoms with Crippen LogP contribution in [0.1, 0.15) is 50.4 Å². The Balaban J connectivity index is 2.06. The van der Waals surface area contributed by atoms with Crippen molar-refractivity contribution in [3.05, 3.63) is 34.9 Å². The molecule has 114 valence electrons. The molecule has 1 N–H and O–H groups in total. The van der Waals surface area contributed by atoms with Crippen LogP contribution in [0.5, 0.6) is 0 Å². The Morgan fingerprint density at radius 3 is 2.57 bits per heavy atom. The second-order valence-corrected chi connectivity index (χ2v) is 6.72. The third-order valence-corrected chi connectivity index (χ3v) is 4.42. The topological polar surface area (TPSA) is 41.5 Å². The summed E-state index contributed by atoms with van der Waals surface area (Å²) < 4.78 is 0. The lowest BCUT2D eigenvalue weighted by atomic mass is 9.76. The van der Waals surface area contributed by atoms with E-state index in [4.69, 9.17) is 11.6 Å². The molecule has 1 aromatic carbocycles. The van der Waals surface area contributed by atoms with Crippen LogP contribution in [0.3, 0.4) is 0 Å². The lowest BCUT2D eigenvalue weighted by Gasteiger charge is -2.30. The van der Waals surface area contributed by atoms with E-state index < -0.39 is 0 Å². The summed E-state index contributed by atoms with van der Waals surface area (Å²) in [6, 6.07) is 6.84. The quantitative estimate of drug-likeness (QED) is 0.820. The van der Waals surface area contributed by atoms with Gasteiger partial charge in [0.25, 0.3) is 5.91 Å². The lowest BCUT2D eigenvalue weighted by Crippen LogP contribution is -2.31. The Hall–Kier alpha value is -1.35. The van der Waals surface area contributed by atoms with Crippen molar-refractivity contribution in [2.75, 3.05) is 0 Å². The van der Waals surface area contributed by atoms with E-state index in [1.807, 2.05) is 0 Å². The predicted molar refractivity (Wildman–Crippen MR) is 87.7 cm³/mol. The van der Waals surface area contributed by atoms with Gasteiger partial charge in [-0.3, -0.25) is 4.79 Å². The Morgan fingerprint density at radius 1 is 1.29 bits per heavy atom. The van der Waals surface area contributed by atoms with Gasteiger partial charge in [-0.25, -0.2) is 5.43 Å². The van der Waals surface area contributed by atoms with Gasteiger partial charge in [0.05, 0.1) is 0 Å². The minimum atomic E-state index is -0.181. The standard InChI is InChI=1S/C17H23ClN2O/c1-11(2)15-9-4-12(3)10-16(15)19-20-17(21)13-5-7-14(18)8-6-13/h5-8,11-12,15H,4,9-10H2,1-3H3,(H,20,21). The number of benzene rings is 1. The highest BCUT2D eigenvalue weighted by molar-refractivity contribution is 6.30.